The van der Waals surface area contributed by atoms with E-state index in [0.29, 0.717) is 30.9 Å². The minimum absolute atomic E-state index is 0.00351. The van der Waals surface area contributed by atoms with Gasteiger partial charge in [0.25, 0.3) is 5.91 Å². The molecule has 1 atom stereocenters. The van der Waals surface area contributed by atoms with Crippen molar-refractivity contribution in [1.82, 2.24) is 4.90 Å². The van der Waals surface area contributed by atoms with Crippen LogP contribution < -0.4 is 9.64 Å². The molecule has 1 saturated heterocycles. The van der Waals surface area contributed by atoms with Gasteiger partial charge in [0.2, 0.25) is 0 Å². The average molecular weight is 381 g/mol. The lowest BCUT2D eigenvalue weighted by atomic mass is 9.90. The number of rotatable bonds is 3. The van der Waals surface area contributed by atoms with Crippen LogP contribution in [0.15, 0.2) is 47.5 Å². The number of halogens is 1. The van der Waals surface area contributed by atoms with E-state index >= 15 is 0 Å². The fourth-order valence-electron chi connectivity index (χ4n) is 3.89. The van der Waals surface area contributed by atoms with Gasteiger partial charge in [-0.15, -0.1) is 0 Å². The molecule has 2 aromatic carbocycles. The molecule has 1 fully saturated rings. The first-order chi connectivity index (χ1) is 13.5. The zero-order chi connectivity index (χ0) is 19.7. The molecule has 2 aromatic rings. The number of benzene rings is 2. The zero-order valence-electron chi connectivity index (χ0n) is 16.2. The van der Waals surface area contributed by atoms with Crippen LogP contribution in [0.1, 0.15) is 24.8 Å². The summed E-state index contributed by atoms with van der Waals surface area (Å²) in [6.45, 7) is 4.90. The molecule has 1 amide bonds. The molecule has 0 N–H and O–H groups in total. The molecule has 146 valence electrons. The highest BCUT2D eigenvalue weighted by Crippen LogP contribution is 2.35. The van der Waals surface area contributed by atoms with Crippen molar-refractivity contribution in [1.29, 1.82) is 0 Å². The molecule has 0 aliphatic carbocycles. The predicted molar refractivity (Wildman–Crippen MR) is 108 cm³/mol. The molecule has 2 aliphatic heterocycles. The van der Waals surface area contributed by atoms with Crippen LogP contribution in [0.4, 0.5) is 15.8 Å². The Morgan fingerprint density at radius 3 is 2.50 bits per heavy atom. The van der Waals surface area contributed by atoms with Crippen LogP contribution >= 0.6 is 0 Å². The van der Waals surface area contributed by atoms with Gasteiger partial charge in [-0.3, -0.25) is 4.79 Å². The second-order valence-corrected chi connectivity index (χ2v) is 7.34. The van der Waals surface area contributed by atoms with E-state index in [1.165, 1.54) is 12.1 Å². The van der Waals surface area contributed by atoms with Gasteiger partial charge in [-0.2, -0.15) is 0 Å². The van der Waals surface area contributed by atoms with Gasteiger partial charge in [-0.05, 0) is 53.9 Å². The summed E-state index contributed by atoms with van der Waals surface area (Å²) in [5.74, 6) is 0.659. The molecule has 0 aromatic heterocycles. The van der Waals surface area contributed by atoms with Crippen LogP contribution in [0.25, 0.3) is 0 Å². The summed E-state index contributed by atoms with van der Waals surface area (Å²) in [5.41, 5.74) is 3.29. The number of nitrogens with zero attached hydrogens (tertiary/aromatic N) is 3. The monoisotopic (exact) mass is 381 g/mol. The highest BCUT2D eigenvalue weighted by atomic mass is 19.1. The van der Waals surface area contributed by atoms with Gasteiger partial charge in [0.1, 0.15) is 17.3 Å². The molecule has 2 heterocycles. The summed E-state index contributed by atoms with van der Waals surface area (Å²) in [6, 6.07) is 12.6. The smallest absolute Gasteiger partial charge is 0.268 e. The van der Waals surface area contributed by atoms with E-state index in [0.717, 1.165) is 30.1 Å². The summed E-state index contributed by atoms with van der Waals surface area (Å²) < 4.78 is 18.7. The van der Waals surface area contributed by atoms with E-state index in [1.54, 1.807) is 13.2 Å². The lowest BCUT2D eigenvalue weighted by Crippen LogP contribution is -2.51. The Kier molecular flexibility index (Phi) is 5.03. The third kappa shape index (κ3) is 3.59. The average Bonchev–Trinajstić information content (AvgIpc) is 2.74. The standard InChI is InChI=1S/C22H24FN3O2/c1-15-13-21(24-20-8-3-16(23)14-19(15)20)22(27)26-11-9-25(10-12-26)17-4-6-18(28-2)7-5-17/h3-8,14-15H,9-13H2,1-2H3. The van der Waals surface area contributed by atoms with Gasteiger partial charge in [-0.25, -0.2) is 9.38 Å². The summed E-state index contributed by atoms with van der Waals surface area (Å²) >= 11 is 0. The van der Waals surface area contributed by atoms with Crippen LogP contribution in [-0.2, 0) is 4.79 Å². The number of ether oxygens (including phenoxy) is 1. The SMILES string of the molecule is COc1ccc(N2CCN(C(=O)C3=Nc4ccc(F)cc4C(C)C3)CC2)cc1. The van der Waals surface area contributed by atoms with E-state index in [9.17, 15) is 9.18 Å². The summed E-state index contributed by atoms with van der Waals surface area (Å²) in [4.78, 5) is 21.7. The maximum Gasteiger partial charge on any atom is 0.268 e. The Morgan fingerprint density at radius 2 is 1.82 bits per heavy atom. The lowest BCUT2D eigenvalue weighted by molar-refractivity contribution is -0.124. The van der Waals surface area contributed by atoms with Crippen LogP contribution in [-0.4, -0.2) is 49.8 Å². The molecular weight excluding hydrogens is 357 g/mol. The highest BCUT2D eigenvalue weighted by molar-refractivity contribution is 6.39. The second-order valence-electron chi connectivity index (χ2n) is 7.34. The van der Waals surface area contributed by atoms with Crippen molar-refractivity contribution in [2.75, 3.05) is 38.2 Å². The maximum absolute atomic E-state index is 13.5. The van der Waals surface area contributed by atoms with Gasteiger partial charge in [-0.1, -0.05) is 6.92 Å². The molecule has 5 nitrogen and oxygen atoms in total. The first-order valence-corrected chi connectivity index (χ1v) is 9.60. The van der Waals surface area contributed by atoms with Crippen molar-refractivity contribution in [3.8, 4) is 5.75 Å². The van der Waals surface area contributed by atoms with E-state index in [2.05, 4.69) is 9.89 Å². The predicted octanol–water partition coefficient (Wildman–Crippen LogP) is 3.76. The topological polar surface area (TPSA) is 45.1 Å². The molecule has 0 saturated carbocycles. The molecule has 2 aliphatic rings. The second kappa shape index (κ2) is 7.62. The number of anilines is 1. The van der Waals surface area contributed by atoms with E-state index in [-0.39, 0.29) is 17.6 Å². The highest BCUT2D eigenvalue weighted by Gasteiger charge is 2.29. The zero-order valence-corrected chi connectivity index (χ0v) is 16.2. The number of piperazine rings is 1. The van der Waals surface area contributed by atoms with Crippen LogP contribution in [0.2, 0.25) is 0 Å². The van der Waals surface area contributed by atoms with Crippen molar-refractivity contribution in [2.45, 2.75) is 19.3 Å². The molecule has 0 spiro atoms. The molecule has 0 radical (unpaired) electrons. The van der Waals surface area contributed by atoms with Crippen LogP contribution in [0, 0.1) is 5.82 Å². The quantitative estimate of drug-likeness (QED) is 0.813. The minimum Gasteiger partial charge on any atom is -0.497 e. The van der Waals surface area contributed by atoms with E-state index in [4.69, 9.17) is 4.74 Å². The van der Waals surface area contributed by atoms with Crippen LogP contribution in [0.5, 0.6) is 5.75 Å². The minimum atomic E-state index is -0.259. The number of carbonyl (C=O) groups is 1. The van der Waals surface area contributed by atoms with Gasteiger partial charge < -0.3 is 14.5 Å². The largest absolute Gasteiger partial charge is 0.497 e. The van der Waals surface area contributed by atoms with Gasteiger partial charge in [0.05, 0.1) is 12.8 Å². The Bertz CT molecular complexity index is 902. The van der Waals surface area contributed by atoms with Crippen molar-refractivity contribution in [2.24, 2.45) is 4.99 Å². The molecule has 28 heavy (non-hydrogen) atoms. The van der Waals surface area contributed by atoms with E-state index in [1.807, 2.05) is 36.1 Å². The van der Waals surface area contributed by atoms with Gasteiger partial charge in [0.15, 0.2) is 0 Å². The normalized spacial score (nSPS) is 19.1. The number of hydrogen-bond acceptors (Lipinski definition) is 4. The lowest BCUT2D eigenvalue weighted by Gasteiger charge is -2.37. The third-order valence-corrected chi connectivity index (χ3v) is 5.53. The van der Waals surface area contributed by atoms with Crippen LogP contribution in [0.3, 0.4) is 0 Å². The van der Waals surface area contributed by atoms with Crippen molar-refractivity contribution in [3.05, 3.63) is 53.8 Å². The summed E-state index contributed by atoms with van der Waals surface area (Å²) in [7, 11) is 1.66. The Hall–Kier alpha value is -2.89. The number of fused-ring (bicyclic) bond motifs is 1. The fraction of sp³-hybridized carbons (Fsp3) is 0.364. The fourth-order valence-corrected chi connectivity index (χ4v) is 3.89. The molecule has 1 unspecified atom stereocenters. The molecule has 0 bridgehead atoms. The maximum atomic E-state index is 13.5. The summed E-state index contributed by atoms with van der Waals surface area (Å²) in [6.07, 6.45) is 0.550. The summed E-state index contributed by atoms with van der Waals surface area (Å²) in [5, 5.41) is 0. The van der Waals surface area contributed by atoms with Gasteiger partial charge >= 0.3 is 0 Å². The third-order valence-electron chi connectivity index (χ3n) is 5.53. The van der Waals surface area contributed by atoms with Crippen molar-refractivity contribution in [3.63, 3.8) is 0 Å². The number of methoxy groups -OCH3 is 1. The number of carbonyl (C=O) groups excluding carboxylic acids is 1. The number of hydrogen-bond donors (Lipinski definition) is 0. The number of amides is 1. The van der Waals surface area contributed by atoms with Crippen molar-refractivity contribution < 1.29 is 13.9 Å². The van der Waals surface area contributed by atoms with E-state index < -0.39 is 0 Å². The Balaban J connectivity index is 1.43. The Labute approximate surface area is 164 Å². The first kappa shape index (κ1) is 18.5. The van der Waals surface area contributed by atoms with Crippen molar-refractivity contribution >= 4 is 23.0 Å². The number of aliphatic imine (C=N–C) groups is 1. The molecule has 6 heteroatoms. The molecular formula is C22H24FN3O2. The Morgan fingerprint density at radius 1 is 1.11 bits per heavy atom. The first-order valence-electron chi connectivity index (χ1n) is 9.60. The van der Waals surface area contributed by atoms with Gasteiger partial charge in [0, 0.05) is 38.3 Å². The molecule has 4 rings (SSSR count).